The first-order chi connectivity index (χ1) is 16.0. The zero-order chi connectivity index (χ0) is 24.9. The van der Waals surface area contributed by atoms with Crippen molar-refractivity contribution < 1.29 is 41.0 Å². The fourth-order valence-corrected chi connectivity index (χ4v) is 4.64. The summed E-state index contributed by atoms with van der Waals surface area (Å²) in [5.41, 5.74) is -0.135. The average Bonchev–Trinajstić information content (AvgIpc) is 2.74. The fraction of sp³-hybridized carbons (Fsp3) is 0.560. The molecule has 2 aromatic rings. The van der Waals surface area contributed by atoms with Crippen LogP contribution in [0.25, 0.3) is 10.8 Å². The van der Waals surface area contributed by atoms with Crippen LogP contribution in [-0.4, -0.2) is 23.4 Å². The highest BCUT2D eigenvalue weighted by Gasteiger charge is 2.42. The van der Waals surface area contributed by atoms with Gasteiger partial charge in [0.25, 0.3) is 0 Å². The molecule has 0 atom stereocenters. The molecule has 34 heavy (non-hydrogen) atoms. The minimum absolute atomic E-state index is 0.0114. The third kappa shape index (κ3) is 6.79. The number of hydrogen-bond donors (Lipinski definition) is 1. The molecule has 1 aliphatic rings. The summed E-state index contributed by atoms with van der Waals surface area (Å²) >= 11 is 0. The summed E-state index contributed by atoms with van der Waals surface area (Å²) in [5.74, 6) is -2.63. The molecule has 0 unspecified atom stereocenters. The molecule has 1 saturated carbocycles. The van der Waals surface area contributed by atoms with E-state index >= 15 is 0 Å². The zero-order valence-corrected chi connectivity index (χ0v) is 18.6. The van der Waals surface area contributed by atoms with Crippen molar-refractivity contribution in [3.8, 4) is 5.75 Å². The van der Waals surface area contributed by atoms with Crippen molar-refractivity contribution in [1.82, 2.24) is 0 Å². The van der Waals surface area contributed by atoms with Gasteiger partial charge in [-0.1, -0.05) is 37.1 Å². The molecule has 9 heteroatoms. The molecule has 0 amide bonds. The molecule has 188 valence electrons. The molecular weight excluding hydrogens is 462 g/mol. The summed E-state index contributed by atoms with van der Waals surface area (Å²) in [6.07, 6.45) is -6.40. The van der Waals surface area contributed by atoms with Gasteiger partial charge in [0.05, 0.1) is 12.0 Å². The molecule has 0 aliphatic heterocycles. The van der Waals surface area contributed by atoms with E-state index in [-0.39, 0.29) is 43.2 Å². The van der Waals surface area contributed by atoms with Crippen LogP contribution in [0.3, 0.4) is 0 Å². The molecule has 2 aromatic carbocycles. The first-order valence-corrected chi connectivity index (χ1v) is 11.5. The third-order valence-corrected chi connectivity index (χ3v) is 6.41. The van der Waals surface area contributed by atoms with Gasteiger partial charge in [0, 0.05) is 6.42 Å². The lowest BCUT2D eigenvalue weighted by Gasteiger charge is -2.31. The van der Waals surface area contributed by atoms with Crippen molar-refractivity contribution in [2.45, 2.75) is 82.7 Å². The van der Waals surface area contributed by atoms with Gasteiger partial charge in [0.1, 0.15) is 11.3 Å². The molecule has 1 aliphatic carbocycles. The van der Waals surface area contributed by atoms with Crippen molar-refractivity contribution in [3.05, 3.63) is 41.5 Å². The molecule has 0 radical (unpaired) electrons. The molecule has 3 nitrogen and oxygen atoms in total. The highest BCUT2D eigenvalue weighted by atomic mass is 19.4. The number of carbonyl (C=O) groups is 1. The lowest BCUT2D eigenvalue weighted by atomic mass is 9.87. The maximum atomic E-state index is 14.1. The Morgan fingerprint density at radius 2 is 1.56 bits per heavy atom. The number of aryl methyl sites for hydroxylation is 1. The average molecular weight is 490 g/mol. The number of ether oxygens (including phenoxy) is 1. The second-order valence-corrected chi connectivity index (χ2v) is 8.89. The van der Waals surface area contributed by atoms with Crippen molar-refractivity contribution in [3.63, 3.8) is 0 Å². The van der Waals surface area contributed by atoms with Crippen LogP contribution in [0.5, 0.6) is 5.75 Å². The van der Waals surface area contributed by atoms with Gasteiger partial charge in [-0.3, -0.25) is 4.79 Å². The second kappa shape index (κ2) is 10.9. The number of halogens is 6. The van der Waals surface area contributed by atoms with E-state index in [4.69, 9.17) is 9.84 Å². The Kier molecular flexibility index (Phi) is 8.36. The number of carboxylic acids is 1. The number of hydrogen-bond acceptors (Lipinski definition) is 2. The van der Waals surface area contributed by atoms with Gasteiger partial charge >= 0.3 is 18.3 Å². The lowest BCUT2D eigenvalue weighted by Crippen LogP contribution is -2.32. The fourth-order valence-electron chi connectivity index (χ4n) is 4.64. The summed E-state index contributed by atoms with van der Waals surface area (Å²) in [7, 11) is 0. The minimum Gasteiger partial charge on any atom is -0.490 e. The summed E-state index contributed by atoms with van der Waals surface area (Å²) < 4.78 is 86.5. The van der Waals surface area contributed by atoms with Gasteiger partial charge in [0.2, 0.25) is 0 Å². The van der Waals surface area contributed by atoms with Crippen LogP contribution < -0.4 is 4.74 Å². The van der Waals surface area contributed by atoms with Gasteiger partial charge in [-0.05, 0) is 67.3 Å². The van der Waals surface area contributed by atoms with E-state index in [1.807, 2.05) is 0 Å². The standard InChI is InChI=1S/C25H28F6O3/c26-24(27,28)17-10-12-18(13-11-17)34-21-15-14-19-16(6-3-1-2-4-9-22(32)33)7-5-8-20(19)23(21)25(29,30)31/h5,7-8,14-15,17-18H,1-4,6,9-13H2,(H,32,33). The SMILES string of the molecule is O=C(O)CCCCCCc1cccc2c(C(F)(F)F)c(OC3CCC(C(F)(F)F)CC3)ccc12. The van der Waals surface area contributed by atoms with Crippen LogP contribution in [0.15, 0.2) is 30.3 Å². The van der Waals surface area contributed by atoms with Gasteiger partial charge < -0.3 is 9.84 Å². The Morgan fingerprint density at radius 3 is 2.18 bits per heavy atom. The quantitative estimate of drug-likeness (QED) is 0.287. The first-order valence-electron chi connectivity index (χ1n) is 11.5. The predicted molar refractivity (Wildman–Crippen MR) is 116 cm³/mol. The van der Waals surface area contributed by atoms with Gasteiger partial charge in [0.15, 0.2) is 0 Å². The molecule has 0 aromatic heterocycles. The summed E-state index contributed by atoms with van der Waals surface area (Å²) in [6, 6.07) is 7.59. The number of alkyl halides is 6. The van der Waals surface area contributed by atoms with E-state index in [2.05, 4.69) is 0 Å². The van der Waals surface area contributed by atoms with Crippen LogP contribution in [0.1, 0.15) is 68.9 Å². The molecule has 3 rings (SSSR count). The van der Waals surface area contributed by atoms with E-state index in [9.17, 15) is 31.1 Å². The van der Waals surface area contributed by atoms with Crippen LogP contribution in [0, 0.1) is 5.92 Å². The van der Waals surface area contributed by atoms with E-state index in [1.54, 1.807) is 18.2 Å². The normalized spacial score (nSPS) is 19.4. The number of rotatable bonds is 9. The molecule has 1 fully saturated rings. The van der Waals surface area contributed by atoms with E-state index in [0.29, 0.717) is 18.2 Å². The van der Waals surface area contributed by atoms with Gasteiger partial charge in [-0.25, -0.2) is 0 Å². The van der Waals surface area contributed by atoms with E-state index < -0.39 is 35.9 Å². The Morgan fingerprint density at radius 1 is 0.882 bits per heavy atom. The maximum Gasteiger partial charge on any atom is 0.420 e. The van der Waals surface area contributed by atoms with Crippen molar-refractivity contribution >= 4 is 16.7 Å². The molecule has 1 N–H and O–H groups in total. The summed E-state index contributed by atoms with van der Waals surface area (Å²) in [4.78, 5) is 10.6. The molecule has 0 bridgehead atoms. The van der Waals surface area contributed by atoms with E-state index in [1.165, 1.54) is 12.1 Å². The monoisotopic (exact) mass is 490 g/mol. The van der Waals surface area contributed by atoms with Crippen LogP contribution in [0.2, 0.25) is 0 Å². The van der Waals surface area contributed by atoms with Gasteiger partial charge in [-0.2, -0.15) is 26.3 Å². The maximum absolute atomic E-state index is 14.1. The highest BCUT2D eigenvalue weighted by Crippen LogP contribution is 2.44. The van der Waals surface area contributed by atoms with Crippen LogP contribution in [0.4, 0.5) is 26.3 Å². The van der Waals surface area contributed by atoms with Crippen LogP contribution >= 0.6 is 0 Å². The third-order valence-electron chi connectivity index (χ3n) is 6.41. The number of carboxylic acid groups (broad SMARTS) is 1. The number of unbranched alkanes of at least 4 members (excludes halogenated alkanes) is 3. The largest absolute Gasteiger partial charge is 0.490 e. The summed E-state index contributed by atoms with van der Waals surface area (Å²) in [5, 5.41) is 9.16. The molecule has 0 heterocycles. The number of benzene rings is 2. The predicted octanol–water partition coefficient (Wildman–Crippen LogP) is 7.94. The topological polar surface area (TPSA) is 46.5 Å². The van der Waals surface area contributed by atoms with E-state index in [0.717, 1.165) is 24.8 Å². The van der Waals surface area contributed by atoms with Crippen molar-refractivity contribution in [1.29, 1.82) is 0 Å². The second-order valence-electron chi connectivity index (χ2n) is 8.89. The minimum atomic E-state index is -4.69. The summed E-state index contributed by atoms with van der Waals surface area (Å²) in [6.45, 7) is 0. The number of fused-ring (bicyclic) bond motifs is 1. The van der Waals surface area contributed by atoms with Gasteiger partial charge in [-0.15, -0.1) is 0 Å². The molecular formula is C25H28F6O3. The molecule has 0 saturated heterocycles. The Labute approximate surface area is 194 Å². The smallest absolute Gasteiger partial charge is 0.420 e. The Bertz CT molecular complexity index is 975. The Balaban J connectivity index is 1.76. The zero-order valence-electron chi connectivity index (χ0n) is 18.6. The lowest BCUT2D eigenvalue weighted by molar-refractivity contribution is -0.185. The van der Waals surface area contributed by atoms with Crippen molar-refractivity contribution in [2.75, 3.05) is 0 Å². The highest BCUT2D eigenvalue weighted by molar-refractivity contribution is 5.91. The number of aliphatic carboxylic acids is 1. The molecule has 0 spiro atoms. The van der Waals surface area contributed by atoms with Crippen LogP contribution in [-0.2, 0) is 17.4 Å². The Hall–Kier alpha value is -2.45. The first kappa shape index (κ1) is 26.2. The van der Waals surface area contributed by atoms with Crippen molar-refractivity contribution in [2.24, 2.45) is 5.92 Å².